The Labute approximate surface area is 181 Å². The Morgan fingerprint density at radius 1 is 1.03 bits per heavy atom. The van der Waals surface area contributed by atoms with Crippen molar-refractivity contribution in [3.05, 3.63) is 52.9 Å². The van der Waals surface area contributed by atoms with Crippen LogP contribution in [0.25, 0.3) is 5.78 Å². The number of aromatic nitrogens is 4. The molecule has 1 aliphatic heterocycles. The summed E-state index contributed by atoms with van der Waals surface area (Å²) in [4.78, 5) is 24.2. The lowest BCUT2D eigenvalue weighted by atomic mass is 10.1. The van der Waals surface area contributed by atoms with E-state index in [-0.39, 0.29) is 23.9 Å². The first-order valence-electron chi connectivity index (χ1n) is 10.2. The Kier molecular flexibility index (Phi) is 5.74. The maximum Gasteiger partial charge on any atom is 0.453 e. The van der Waals surface area contributed by atoms with Crippen LogP contribution >= 0.6 is 0 Å². The number of hydrogen-bond donors (Lipinski definition) is 0. The first-order valence-corrected chi connectivity index (χ1v) is 10.2. The summed E-state index contributed by atoms with van der Waals surface area (Å²) in [5, 5.41) is 3.54. The number of piperazine rings is 1. The van der Waals surface area contributed by atoms with E-state index in [0.717, 1.165) is 10.2 Å². The lowest BCUT2D eigenvalue weighted by Crippen LogP contribution is -2.48. The molecule has 0 unspecified atom stereocenters. The van der Waals surface area contributed by atoms with Gasteiger partial charge in [-0.05, 0) is 50.1 Å². The molecule has 1 fully saturated rings. The Morgan fingerprint density at radius 3 is 2.31 bits per heavy atom. The highest BCUT2D eigenvalue weighted by atomic mass is 19.4. The number of carbonyl (C=O) groups excluding carboxylic acids is 1. The van der Waals surface area contributed by atoms with Crippen molar-refractivity contribution in [2.24, 2.45) is 0 Å². The van der Waals surface area contributed by atoms with E-state index in [1.807, 2.05) is 0 Å². The number of fused-ring (bicyclic) bond motifs is 1. The molecule has 1 saturated heterocycles. The highest BCUT2D eigenvalue weighted by molar-refractivity contribution is 5.77. The molecule has 1 aliphatic rings. The highest BCUT2D eigenvalue weighted by Crippen LogP contribution is 2.27. The lowest BCUT2D eigenvalue weighted by Gasteiger charge is -2.36. The Balaban J connectivity index is 1.40. The van der Waals surface area contributed by atoms with Gasteiger partial charge in [-0.15, -0.1) is 5.10 Å². The van der Waals surface area contributed by atoms with Crippen LogP contribution in [-0.2, 0) is 17.4 Å². The van der Waals surface area contributed by atoms with Crippen LogP contribution < -0.4 is 4.90 Å². The summed E-state index contributed by atoms with van der Waals surface area (Å²) in [7, 11) is 0. The molecule has 0 N–H and O–H groups in total. The fourth-order valence-corrected chi connectivity index (χ4v) is 3.95. The van der Waals surface area contributed by atoms with Crippen LogP contribution in [0.2, 0.25) is 0 Å². The SMILES string of the molecule is Cc1nc2nc(C(F)(F)F)nn2c(C)c1CCC(=O)N1CCN(c2ccc(F)cc2)CC1. The molecular weight excluding hydrogens is 428 g/mol. The topological polar surface area (TPSA) is 66.6 Å². The first-order chi connectivity index (χ1) is 15.1. The minimum Gasteiger partial charge on any atom is -0.368 e. The molecule has 3 heterocycles. The van der Waals surface area contributed by atoms with Crippen molar-refractivity contribution in [1.29, 1.82) is 0 Å². The number of aryl methyl sites for hydroxylation is 2. The van der Waals surface area contributed by atoms with Crippen LogP contribution in [0.15, 0.2) is 24.3 Å². The summed E-state index contributed by atoms with van der Waals surface area (Å²) >= 11 is 0. The quantitative estimate of drug-likeness (QED) is 0.572. The highest BCUT2D eigenvalue weighted by Gasteiger charge is 2.37. The van der Waals surface area contributed by atoms with Gasteiger partial charge in [0.05, 0.1) is 0 Å². The van der Waals surface area contributed by atoms with Gasteiger partial charge in [0.2, 0.25) is 5.91 Å². The summed E-state index contributed by atoms with van der Waals surface area (Å²) in [5.41, 5.74) is 2.62. The van der Waals surface area contributed by atoms with Crippen LogP contribution in [-0.4, -0.2) is 56.6 Å². The van der Waals surface area contributed by atoms with E-state index < -0.39 is 12.0 Å². The number of rotatable bonds is 4. The lowest BCUT2D eigenvalue weighted by molar-refractivity contribution is -0.144. The summed E-state index contributed by atoms with van der Waals surface area (Å²) in [5.74, 6) is -1.67. The van der Waals surface area contributed by atoms with E-state index in [9.17, 15) is 22.4 Å². The van der Waals surface area contributed by atoms with Gasteiger partial charge in [0.25, 0.3) is 11.6 Å². The zero-order valence-electron chi connectivity index (χ0n) is 17.7. The van der Waals surface area contributed by atoms with Gasteiger partial charge in [0, 0.05) is 49.7 Å². The number of amides is 1. The van der Waals surface area contributed by atoms with Crippen molar-refractivity contribution >= 4 is 17.4 Å². The van der Waals surface area contributed by atoms with E-state index in [2.05, 4.69) is 20.0 Å². The van der Waals surface area contributed by atoms with Crippen LogP contribution in [0.3, 0.4) is 0 Å². The number of hydrogen-bond acceptors (Lipinski definition) is 5. The standard InChI is InChI=1S/C21H22F4N6O/c1-13-17(14(2)31-20(26-13)27-19(28-31)21(23,24)25)7-8-18(32)30-11-9-29(10-12-30)16-5-3-15(22)4-6-16/h3-6H,7-12H2,1-2H3. The number of carbonyl (C=O) groups is 1. The van der Waals surface area contributed by atoms with Gasteiger partial charge in [-0.3, -0.25) is 4.79 Å². The van der Waals surface area contributed by atoms with Crippen LogP contribution in [0.4, 0.5) is 23.2 Å². The summed E-state index contributed by atoms with van der Waals surface area (Å²) in [6.07, 6.45) is -4.09. The first kappa shape index (κ1) is 22.0. The number of nitrogens with zero attached hydrogens (tertiary/aromatic N) is 6. The average Bonchev–Trinajstić information content (AvgIpc) is 3.19. The molecule has 2 aromatic heterocycles. The van der Waals surface area contributed by atoms with Gasteiger partial charge in [0.15, 0.2) is 0 Å². The second-order valence-corrected chi connectivity index (χ2v) is 7.75. The summed E-state index contributed by atoms with van der Waals surface area (Å²) in [6, 6.07) is 6.26. The predicted octanol–water partition coefficient (Wildman–Crippen LogP) is 3.18. The smallest absolute Gasteiger partial charge is 0.368 e. The molecule has 0 spiro atoms. The molecule has 4 rings (SSSR count). The Bertz CT molecular complexity index is 1130. The predicted molar refractivity (Wildman–Crippen MR) is 109 cm³/mol. The maximum absolute atomic E-state index is 13.1. The third kappa shape index (κ3) is 4.37. The van der Waals surface area contributed by atoms with E-state index >= 15 is 0 Å². The molecule has 11 heteroatoms. The van der Waals surface area contributed by atoms with E-state index in [0.29, 0.717) is 49.6 Å². The monoisotopic (exact) mass is 450 g/mol. The molecule has 32 heavy (non-hydrogen) atoms. The van der Waals surface area contributed by atoms with Crippen LogP contribution in [0.1, 0.15) is 29.2 Å². The molecule has 0 atom stereocenters. The van der Waals surface area contributed by atoms with E-state index in [4.69, 9.17) is 0 Å². The molecule has 170 valence electrons. The minimum atomic E-state index is -4.65. The number of anilines is 1. The average molecular weight is 450 g/mol. The number of alkyl halides is 3. The fraction of sp³-hybridized carbons (Fsp3) is 0.429. The van der Waals surface area contributed by atoms with Gasteiger partial charge in [-0.25, -0.2) is 13.9 Å². The molecule has 0 radical (unpaired) electrons. The van der Waals surface area contributed by atoms with Gasteiger partial charge in [0.1, 0.15) is 5.82 Å². The maximum atomic E-state index is 13.1. The summed E-state index contributed by atoms with van der Waals surface area (Å²) < 4.78 is 53.0. The zero-order valence-corrected chi connectivity index (χ0v) is 17.7. The van der Waals surface area contributed by atoms with Gasteiger partial charge in [-0.2, -0.15) is 18.2 Å². The normalized spacial score (nSPS) is 14.9. The molecule has 0 bridgehead atoms. The van der Waals surface area contributed by atoms with Crippen molar-refractivity contribution in [1.82, 2.24) is 24.5 Å². The molecule has 7 nitrogen and oxygen atoms in total. The molecule has 3 aromatic rings. The van der Waals surface area contributed by atoms with Crippen LogP contribution in [0, 0.1) is 19.7 Å². The third-order valence-corrected chi connectivity index (χ3v) is 5.72. The third-order valence-electron chi connectivity index (χ3n) is 5.72. The minimum absolute atomic E-state index is 0.0303. The summed E-state index contributed by atoms with van der Waals surface area (Å²) in [6.45, 7) is 5.71. The Hall–Kier alpha value is -3.24. The van der Waals surface area contributed by atoms with Gasteiger partial charge in [-0.1, -0.05) is 0 Å². The largest absolute Gasteiger partial charge is 0.453 e. The van der Waals surface area contributed by atoms with E-state index in [1.165, 1.54) is 12.1 Å². The van der Waals surface area contributed by atoms with Crippen molar-refractivity contribution in [2.45, 2.75) is 32.9 Å². The second kappa shape index (κ2) is 8.36. The molecule has 0 saturated carbocycles. The second-order valence-electron chi connectivity index (χ2n) is 7.75. The van der Waals surface area contributed by atoms with Gasteiger partial charge >= 0.3 is 6.18 Å². The Morgan fingerprint density at radius 2 is 1.69 bits per heavy atom. The molecular formula is C21H22F4N6O. The van der Waals surface area contributed by atoms with Crippen molar-refractivity contribution in [3.63, 3.8) is 0 Å². The number of benzene rings is 1. The molecule has 0 aliphatic carbocycles. The van der Waals surface area contributed by atoms with Crippen molar-refractivity contribution in [2.75, 3.05) is 31.1 Å². The van der Waals surface area contributed by atoms with E-state index in [1.54, 1.807) is 30.9 Å². The zero-order chi connectivity index (χ0) is 23.0. The molecule has 1 amide bonds. The fourth-order valence-electron chi connectivity index (χ4n) is 3.95. The van der Waals surface area contributed by atoms with Crippen LogP contribution in [0.5, 0.6) is 0 Å². The number of halogens is 4. The van der Waals surface area contributed by atoms with Crippen molar-refractivity contribution in [3.8, 4) is 0 Å². The van der Waals surface area contributed by atoms with Gasteiger partial charge < -0.3 is 9.80 Å². The van der Waals surface area contributed by atoms with Crippen molar-refractivity contribution < 1.29 is 22.4 Å². The molecule has 1 aromatic carbocycles.